The van der Waals surface area contributed by atoms with Crippen LogP contribution in [0, 0.1) is 3.57 Å². The van der Waals surface area contributed by atoms with Gasteiger partial charge in [-0.05, 0) is 40.8 Å². The third-order valence-electron chi connectivity index (χ3n) is 2.01. The fourth-order valence-electron chi connectivity index (χ4n) is 1.18. The van der Waals surface area contributed by atoms with Crippen molar-refractivity contribution in [3.05, 3.63) is 27.3 Å². The molecule has 4 nitrogen and oxygen atoms in total. The van der Waals surface area contributed by atoms with Gasteiger partial charge in [-0.15, -0.1) is 0 Å². The van der Waals surface area contributed by atoms with Gasteiger partial charge in [-0.25, -0.2) is 0 Å². The smallest absolute Gasteiger partial charge is 0.411 e. The highest BCUT2D eigenvalue weighted by molar-refractivity contribution is 14.1. The topological polar surface area (TPSA) is 58.6 Å². The van der Waals surface area contributed by atoms with Crippen LogP contribution in [-0.2, 0) is 4.74 Å². The Balaban J connectivity index is 2.33. The van der Waals surface area contributed by atoms with E-state index in [1.54, 1.807) is 6.07 Å². The number of benzene rings is 1. The van der Waals surface area contributed by atoms with Crippen molar-refractivity contribution in [2.75, 3.05) is 19.8 Å². The third-order valence-corrected chi connectivity index (χ3v) is 2.92. The monoisotopic (exact) mass is 389 g/mol. The van der Waals surface area contributed by atoms with Crippen LogP contribution < -0.4 is 5.32 Å². The predicted octanol–water partition coefficient (Wildman–Crippen LogP) is 2.31. The molecule has 19 heavy (non-hydrogen) atoms. The SMILES string of the molecule is O=C(NCCOCC(F)(F)F)c1ccc(I)c(O)c1. The van der Waals surface area contributed by atoms with Crippen molar-refractivity contribution < 1.29 is 27.8 Å². The first-order valence-electron chi connectivity index (χ1n) is 5.21. The molecule has 0 saturated heterocycles. The molecule has 0 aliphatic carbocycles. The first kappa shape index (κ1) is 16.0. The van der Waals surface area contributed by atoms with E-state index in [2.05, 4.69) is 10.1 Å². The number of aromatic hydroxyl groups is 1. The van der Waals surface area contributed by atoms with Crippen molar-refractivity contribution in [2.45, 2.75) is 6.18 Å². The van der Waals surface area contributed by atoms with Gasteiger partial charge in [-0.1, -0.05) is 0 Å². The first-order chi connectivity index (χ1) is 8.79. The lowest BCUT2D eigenvalue weighted by Crippen LogP contribution is -2.28. The van der Waals surface area contributed by atoms with E-state index in [1.165, 1.54) is 12.1 Å². The van der Waals surface area contributed by atoms with Crippen molar-refractivity contribution in [1.82, 2.24) is 5.32 Å². The average molecular weight is 389 g/mol. The normalized spacial score (nSPS) is 11.4. The molecule has 0 radical (unpaired) electrons. The summed E-state index contributed by atoms with van der Waals surface area (Å²) >= 11 is 1.90. The Hall–Kier alpha value is -1.03. The van der Waals surface area contributed by atoms with E-state index in [-0.39, 0.29) is 24.5 Å². The number of hydrogen-bond acceptors (Lipinski definition) is 3. The second kappa shape index (κ2) is 6.94. The second-order valence-corrected chi connectivity index (χ2v) is 4.75. The summed E-state index contributed by atoms with van der Waals surface area (Å²) in [4.78, 5) is 11.6. The van der Waals surface area contributed by atoms with Gasteiger partial charge in [0.05, 0.1) is 10.2 Å². The number of hydrogen-bond donors (Lipinski definition) is 2. The third kappa shape index (κ3) is 6.10. The largest absolute Gasteiger partial charge is 0.507 e. The van der Waals surface area contributed by atoms with E-state index >= 15 is 0 Å². The van der Waals surface area contributed by atoms with Gasteiger partial charge < -0.3 is 15.2 Å². The second-order valence-electron chi connectivity index (χ2n) is 3.59. The Labute approximate surface area is 121 Å². The van der Waals surface area contributed by atoms with E-state index in [4.69, 9.17) is 0 Å². The molecule has 0 atom stereocenters. The summed E-state index contributed by atoms with van der Waals surface area (Å²) < 4.78 is 40.2. The summed E-state index contributed by atoms with van der Waals surface area (Å²) in [7, 11) is 0. The number of nitrogens with one attached hydrogen (secondary N) is 1. The fourth-order valence-corrected chi connectivity index (χ4v) is 1.52. The van der Waals surface area contributed by atoms with Crippen LogP contribution in [0.25, 0.3) is 0 Å². The molecule has 0 fully saturated rings. The molecule has 0 heterocycles. The van der Waals surface area contributed by atoms with Gasteiger partial charge in [0, 0.05) is 12.1 Å². The van der Waals surface area contributed by atoms with Gasteiger partial charge in [0.15, 0.2) is 0 Å². The van der Waals surface area contributed by atoms with Crippen LogP contribution in [-0.4, -0.2) is 36.9 Å². The van der Waals surface area contributed by atoms with E-state index in [0.717, 1.165) is 0 Å². The number of phenolic OH excluding ortho intramolecular Hbond substituents is 1. The van der Waals surface area contributed by atoms with Crippen LogP contribution in [0.15, 0.2) is 18.2 Å². The molecule has 0 aromatic heterocycles. The maximum atomic E-state index is 11.7. The lowest BCUT2D eigenvalue weighted by atomic mass is 10.2. The zero-order valence-electron chi connectivity index (χ0n) is 9.63. The Bertz CT molecular complexity index is 451. The minimum Gasteiger partial charge on any atom is -0.507 e. The van der Waals surface area contributed by atoms with Crippen molar-refractivity contribution in [3.8, 4) is 5.75 Å². The quantitative estimate of drug-likeness (QED) is 0.601. The van der Waals surface area contributed by atoms with Gasteiger partial charge in [0.25, 0.3) is 5.91 Å². The molecule has 2 N–H and O–H groups in total. The number of alkyl halides is 3. The van der Waals surface area contributed by atoms with E-state index < -0.39 is 18.7 Å². The zero-order valence-corrected chi connectivity index (χ0v) is 11.8. The molecule has 1 rings (SSSR count). The Morgan fingerprint density at radius 3 is 2.68 bits per heavy atom. The van der Waals surface area contributed by atoms with Crippen LogP contribution in [0.1, 0.15) is 10.4 Å². The maximum absolute atomic E-state index is 11.7. The van der Waals surface area contributed by atoms with Gasteiger partial charge in [-0.3, -0.25) is 4.79 Å². The Kier molecular flexibility index (Phi) is 5.85. The van der Waals surface area contributed by atoms with Gasteiger partial charge in [0.1, 0.15) is 12.4 Å². The lowest BCUT2D eigenvalue weighted by molar-refractivity contribution is -0.173. The molecule has 106 valence electrons. The van der Waals surface area contributed by atoms with Gasteiger partial charge in [0.2, 0.25) is 0 Å². The number of halogens is 4. The zero-order chi connectivity index (χ0) is 14.5. The molecule has 0 aliphatic rings. The lowest BCUT2D eigenvalue weighted by Gasteiger charge is -2.09. The fraction of sp³-hybridized carbons (Fsp3) is 0.364. The van der Waals surface area contributed by atoms with Crippen LogP contribution >= 0.6 is 22.6 Å². The molecule has 0 aliphatic heterocycles. The minimum atomic E-state index is -4.37. The summed E-state index contributed by atoms with van der Waals surface area (Å²) in [6.45, 7) is -1.61. The average Bonchev–Trinajstić information content (AvgIpc) is 2.30. The van der Waals surface area contributed by atoms with Gasteiger partial charge >= 0.3 is 6.18 Å². The Morgan fingerprint density at radius 1 is 1.42 bits per heavy atom. The molecular formula is C11H11F3INO3. The number of carbonyl (C=O) groups is 1. The number of carbonyl (C=O) groups excluding carboxylic acids is 1. The molecule has 1 aromatic rings. The Morgan fingerprint density at radius 2 is 2.11 bits per heavy atom. The summed E-state index contributed by atoms with van der Waals surface area (Å²) in [6, 6.07) is 4.35. The molecule has 0 saturated carbocycles. The first-order valence-corrected chi connectivity index (χ1v) is 6.28. The predicted molar refractivity (Wildman–Crippen MR) is 70.0 cm³/mol. The van der Waals surface area contributed by atoms with Crippen LogP contribution in [0.4, 0.5) is 13.2 Å². The van der Waals surface area contributed by atoms with Crippen molar-refractivity contribution >= 4 is 28.5 Å². The summed E-state index contributed by atoms with van der Waals surface area (Å²) in [5.41, 5.74) is 0.230. The van der Waals surface area contributed by atoms with Crippen LogP contribution in [0.3, 0.4) is 0 Å². The highest BCUT2D eigenvalue weighted by atomic mass is 127. The van der Waals surface area contributed by atoms with Gasteiger partial charge in [-0.2, -0.15) is 13.2 Å². The minimum absolute atomic E-state index is 0.0263. The molecule has 0 spiro atoms. The molecule has 1 aromatic carbocycles. The summed E-state index contributed by atoms with van der Waals surface area (Å²) in [6.07, 6.45) is -4.37. The van der Waals surface area contributed by atoms with E-state index in [9.17, 15) is 23.1 Å². The molecular weight excluding hydrogens is 378 g/mol. The van der Waals surface area contributed by atoms with Crippen molar-refractivity contribution in [3.63, 3.8) is 0 Å². The summed E-state index contributed by atoms with van der Waals surface area (Å²) in [5, 5.41) is 11.8. The molecule has 0 unspecified atom stereocenters. The highest BCUT2D eigenvalue weighted by Crippen LogP contribution is 2.20. The molecule has 0 bridgehead atoms. The maximum Gasteiger partial charge on any atom is 0.411 e. The highest BCUT2D eigenvalue weighted by Gasteiger charge is 2.27. The van der Waals surface area contributed by atoms with E-state index in [0.29, 0.717) is 3.57 Å². The van der Waals surface area contributed by atoms with Crippen LogP contribution in [0.2, 0.25) is 0 Å². The van der Waals surface area contributed by atoms with Crippen molar-refractivity contribution in [1.29, 1.82) is 0 Å². The number of phenols is 1. The number of rotatable bonds is 5. The van der Waals surface area contributed by atoms with E-state index in [1.807, 2.05) is 22.6 Å². The summed E-state index contributed by atoms with van der Waals surface area (Å²) in [5.74, 6) is -0.510. The standard InChI is InChI=1S/C11H11F3INO3/c12-11(13,14)6-19-4-3-16-10(18)7-1-2-8(15)9(17)5-7/h1-2,5,17H,3-4,6H2,(H,16,18). The van der Waals surface area contributed by atoms with Crippen LogP contribution in [0.5, 0.6) is 5.75 Å². The van der Waals surface area contributed by atoms with Crippen molar-refractivity contribution in [2.24, 2.45) is 0 Å². The molecule has 8 heteroatoms. The number of ether oxygens (including phenoxy) is 1. The number of amides is 1. The molecule has 1 amide bonds.